The summed E-state index contributed by atoms with van der Waals surface area (Å²) in [6, 6.07) is 0. The van der Waals surface area contributed by atoms with Gasteiger partial charge in [-0.1, -0.05) is 66.0 Å². The highest BCUT2D eigenvalue weighted by Gasteiger charge is 2.65. The molecule has 0 aromatic rings. The van der Waals surface area contributed by atoms with Gasteiger partial charge >= 0.3 is 0 Å². The van der Waals surface area contributed by atoms with Gasteiger partial charge in [-0.25, -0.2) is 0 Å². The predicted octanol–water partition coefficient (Wildman–Crippen LogP) is 7.50. The Morgan fingerprint density at radius 1 is 1.00 bits per heavy atom. The van der Waals surface area contributed by atoms with Gasteiger partial charge in [0.25, 0.3) is 0 Å². The lowest BCUT2D eigenvalue weighted by molar-refractivity contribution is -0.124. The van der Waals surface area contributed by atoms with E-state index in [2.05, 4.69) is 61.5 Å². The summed E-state index contributed by atoms with van der Waals surface area (Å²) >= 11 is 0. The van der Waals surface area contributed by atoms with E-state index in [1.807, 2.05) is 0 Å². The van der Waals surface area contributed by atoms with E-state index >= 15 is 0 Å². The molecule has 4 aliphatic carbocycles. The maximum atomic E-state index is 10.8. The molecule has 8 atom stereocenters. The molecule has 3 saturated carbocycles. The second-order valence-corrected chi connectivity index (χ2v) is 14.6. The number of allylic oxidation sites excluding steroid dienone is 1. The fraction of sp³-hybridized carbons (Fsp3) is 0.933. The lowest BCUT2D eigenvalue weighted by Gasteiger charge is -2.64. The average Bonchev–Trinajstić information content (AvgIpc) is 2.96. The molecule has 3 unspecified atom stereocenters. The van der Waals surface area contributed by atoms with Gasteiger partial charge in [0.05, 0.1) is 6.10 Å². The van der Waals surface area contributed by atoms with Gasteiger partial charge in [-0.3, -0.25) is 0 Å². The molecule has 3 N–H and O–H groups in total. The molecule has 0 amide bonds. The molecule has 4 aliphatic rings. The van der Waals surface area contributed by atoms with Crippen molar-refractivity contribution in [1.29, 1.82) is 0 Å². The van der Waals surface area contributed by atoms with Crippen LogP contribution in [0.3, 0.4) is 0 Å². The fourth-order valence-electron chi connectivity index (χ4n) is 9.82. The molecule has 0 aromatic heterocycles. The topological polar surface area (TPSA) is 46.2 Å². The van der Waals surface area contributed by atoms with E-state index in [9.17, 15) is 5.11 Å². The molecule has 2 nitrogen and oxygen atoms in total. The zero-order chi connectivity index (χ0) is 23.7. The molecule has 4 rings (SSSR count). The van der Waals surface area contributed by atoms with Crippen LogP contribution in [0.15, 0.2) is 11.6 Å². The first-order valence-electron chi connectivity index (χ1n) is 13.8. The summed E-state index contributed by atoms with van der Waals surface area (Å²) in [5.74, 6) is 3.26. The summed E-state index contributed by atoms with van der Waals surface area (Å²) in [4.78, 5) is 0. The van der Waals surface area contributed by atoms with Crippen molar-refractivity contribution in [1.82, 2.24) is 0 Å². The van der Waals surface area contributed by atoms with Gasteiger partial charge in [-0.15, -0.1) is 0 Å². The molecule has 0 spiro atoms. The first-order chi connectivity index (χ1) is 14.7. The zero-order valence-electron chi connectivity index (χ0n) is 22.6. The van der Waals surface area contributed by atoms with E-state index < -0.39 is 0 Å². The quantitative estimate of drug-likeness (QED) is 0.432. The van der Waals surface area contributed by atoms with Gasteiger partial charge < -0.3 is 10.8 Å². The van der Waals surface area contributed by atoms with Crippen LogP contribution >= 0.6 is 0 Å². The molecular formula is C30H53NO. The van der Waals surface area contributed by atoms with Crippen molar-refractivity contribution in [2.24, 2.45) is 51.1 Å². The normalized spacial score (nSPS) is 46.6. The molecule has 0 saturated heterocycles. The third-order valence-corrected chi connectivity index (χ3v) is 12.0. The number of fused-ring (bicyclic) bond motifs is 5. The number of hydrogen-bond donors (Lipinski definition) is 2. The summed E-state index contributed by atoms with van der Waals surface area (Å²) in [6.45, 7) is 19.4. The van der Waals surface area contributed by atoms with Crippen molar-refractivity contribution in [3.8, 4) is 0 Å². The number of aliphatic hydroxyl groups excluding tert-OH is 1. The Kier molecular flexibility index (Phi) is 6.07. The molecular weight excluding hydrogens is 390 g/mol. The molecule has 2 heteroatoms. The van der Waals surface area contributed by atoms with Gasteiger partial charge in [-0.05, 0) is 105 Å². The summed E-state index contributed by atoms with van der Waals surface area (Å²) < 4.78 is 0. The van der Waals surface area contributed by atoms with Gasteiger partial charge in [0.15, 0.2) is 0 Å². The van der Waals surface area contributed by atoms with E-state index in [1.165, 1.54) is 51.4 Å². The van der Waals surface area contributed by atoms with E-state index in [1.54, 1.807) is 5.57 Å². The second kappa shape index (κ2) is 7.84. The van der Waals surface area contributed by atoms with E-state index in [4.69, 9.17) is 5.73 Å². The van der Waals surface area contributed by atoms with Crippen LogP contribution in [0.5, 0.6) is 0 Å². The molecule has 0 radical (unpaired) electrons. The number of aliphatic hydroxyl groups is 1. The fourth-order valence-corrected chi connectivity index (χ4v) is 9.82. The summed E-state index contributed by atoms with van der Waals surface area (Å²) in [5, 5.41) is 10.8. The highest BCUT2D eigenvalue weighted by molar-refractivity contribution is 5.32. The molecule has 0 aliphatic heterocycles. The second-order valence-electron chi connectivity index (χ2n) is 14.6. The van der Waals surface area contributed by atoms with Crippen LogP contribution in [-0.4, -0.2) is 16.7 Å². The third-order valence-electron chi connectivity index (χ3n) is 12.0. The smallest absolute Gasteiger partial charge is 0.0628 e. The zero-order valence-corrected chi connectivity index (χ0v) is 22.6. The van der Waals surface area contributed by atoms with E-state index in [-0.39, 0.29) is 22.5 Å². The maximum Gasteiger partial charge on any atom is 0.0628 e. The molecule has 0 bridgehead atoms. The van der Waals surface area contributed by atoms with E-state index in [0.717, 1.165) is 36.5 Å². The molecule has 184 valence electrons. The lowest BCUT2D eigenvalue weighted by atomic mass is 9.40. The Labute approximate surface area is 199 Å². The molecule has 0 heterocycles. The molecule has 0 aromatic carbocycles. The van der Waals surface area contributed by atoms with Crippen molar-refractivity contribution < 1.29 is 5.11 Å². The number of nitrogens with two attached hydrogens (primary N) is 1. The lowest BCUT2D eigenvalue weighted by Crippen LogP contribution is -2.58. The largest absolute Gasteiger partial charge is 0.392 e. The molecule has 32 heavy (non-hydrogen) atoms. The SMILES string of the molecule is C[C@H](CCCC(C)(C)N)C1CC[C@@]2(C)C3CC=C4C(C)(C)[C@@H](O)CC[C@]4(C)C3CC[C@]12C. The summed E-state index contributed by atoms with van der Waals surface area (Å²) in [6.07, 6.45) is 15.1. The van der Waals surface area contributed by atoms with Crippen LogP contribution in [0.2, 0.25) is 0 Å². The van der Waals surface area contributed by atoms with Crippen LogP contribution in [0.4, 0.5) is 0 Å². The minimum absolute atomic E-state index is 0.0329. The van der Waals surface area contributed by atoms with Crippen LogP contribution < -0.4 is 5.73 Å². The van der Waals surface area contributed by atoms with Crippen molar-refractivity contribution in [2.75, 3.05) is 0 Å². The van der Waals surface area contributed by atoms with Gasteiger partial charge in [0.1, 0.15) is 0 Å². The van der Waals surface area contributed by atoms with Gasteiger partial charge in [0.2, 0.25) is 0 Å². The number of hydrogen-bond acceptors (Lipinski definition) is 2. The highest BCUT2D eigenvalue weighted by atomic mass is 16.3. The standard InChI is InChI=1S/C30H53NO/c1-20(10-9-16-26(2,3)31)21-13-18-30(8)23-11-12-24-27(4,5)25(32)15-17-28(24,6)22(23)14-19-29(21,30)7/h12,20-23,25,32H,9-11,13-19,31H2,1-8H3/t20-,21?,22?,23?,25+,28-,29-,30+/m1/s1. The Bertz CT molecular complexity index is 746. The van der Waals surface area contributed by atoms with E-state index in [0.29, 0.717) is 10.8 Å². The maximum absolute atomic E-state index is 10.8. The van der Waals surface area contributed by atoms with Crippen LogP contribution in [0.1, 0.15) is 120 Å². The van der Waals surface area contributed by atoms with Crippen LogP contribution in [0, 0.1) is 45.3 Å². The van der Waals surface area contributed by atoms with Crippen LogP contribution in [-0.2, 0) is 0 Å². The Hall–Kier alpha value is -0.340. The van der Waals surface area contributed by atoms with Gasteiger partial charge in [-0.2, -0.15) is 0 Å². The van der Waals surface area contributed by atoms with Crippen molar-refractivity contribution in [3.63, 3.8) is 0 Å². The Morgan fingerprint density at radius 2 is 1.66 bits per heavy atom. The van der Waals surface area contributed by atoms with Crippen molar-refractivity contribution >= 4 is 0 Å². The van der Waals surface area contributed by atoms with Crippen molar-refractivity contribution in [2.45, 2.75) is 131 Å². The van der Waals surface area contributed by atoms with Crippen LogP contribution in [0.25, 0.3) is 0 Å². The Balaban J connectivity index is 1.57. The third kappa shape index (κ3) is 3.57. The predicted molar refractivity (Wildman–Crippen MR) is 136 cm³/mol. The average molecular weight is 444 g/mol. The highest BCUT2D eigenvalue weighted by Crippen LogP contribution is 2.73. The summed E-state index contributed by atoms with van der Waals surface area (Å²) in [5.41, 5.74) is 8.97. The van der Waals surface area contributed by atoms with Gasteiger partial charge in [0, 0.05) is 11.0 Å². The minimum Gasteiger partial charge on any atom is -0.392 e. The first-order valence-corrected chi connectivity index (χ1v) is 13.8. The Morgan fingerprint density at radius 3 is 2.31 bits per heavy atom. The number of rotatable bonds is 5. The first kappa shape index (κ1) is 24.8. The minimum atomic E-state index is -0.182. The van der Waals surface area contributed by atoms with Crippen molar-refractivity contribution in [3.05, 3.63) is 11.6 Å². The summed E-state index contributed by atoms with van der Waals surface area (Å²) in [7, 11) is 0. The monoisotopic (exact) mass is 443 g/mol. The molecule has 3 fully saturated rings.